The van der Waals surface area contributed by atoms with Crippen LogP contribution in [0.15, 0.2) is 6.07 Å². The standard InChI is InChI=1S/C7H6F2N2O4/c8-7(9)3-1-5(11(14)15)6(13)4(2-12)10-3/h1,7,12-13H,2H2. The molecule has 1 aromatic rings. The third-order valence-corrected chi connectivity index (χ3v) is 1.63. The van der Waals surface area contributed by atoms with Gasteiger partial charge in [0.05, 0.1) is 11.5 Å². The van der Waals surface area contributed by atoms with Crippen molar-refractivity contribution in [2.75, 3.05) is 0 Å². The number of rotatable bonds is 3. The number of aliphatic hydroxyl groups excluding tert-OH is 1. The molecule has 0 aliphatic rings. The van der Waals surface area contributed by atoms with Crippen LogP contribution in [0.1, 0.15) is 17.8 Å². The fourth-order valence-electron chi connectivity index (χ4n) is 0.959. The second kappa shape index (κ2) is 4.13. The molecule has 0 aliphatic heterocycles. The summed E-state index contributed by atoms with van der Waals surface area (Å²) in [5.41, 5.74) is -2.30. The number of pyridine rings is 1. The summed E-state index contributed by atoms with van der Waals surface area (Å²) < 4.78 is 24.4. The Labute approximate surface area is 82.0 Å². The zero-order valence-corrected chi connectivity index (χ0v) is 7.22. The number of halogens is 2. The van der Waals surface area contributed by atoms with Gasteiger partial charge in [0.15, 0.2) is 0 Å². The van der Waals surface area contributed by atoms with Crippen LogP contribution in [0.2, 0.25) is 0 Å². The van der Waals surface area contributed by atoms with Crippen molar-refractivity contribution in [2.45, 2.75) is 13.0 Å². The van der Waals surface area contributed by atoms with Crippen molar-refractivity contribution in [3.05, 3.63) is 27.6 Å². The number of aliphatic hydroxyl groups is 1. The van der Waals surface area contributed by atoms with Crippen molar-refractivity contribution < 1.29 is 23.9 Å². The summed E-state index contributed by atoms with van der Waals surface area (Å²) in [4.78, 5) is 12.5. The van der Waals surface area contributed by atoms with E-state index in [1.165, 1.54) is 0 Å². The first-order chi connectivity index (χ1) is 6.97. The number of aromatic nitrogens is 1. The van der Waals surface area contributed by atoms with E-state index in [9.17, 15) is 18.9 Å². The van der Waals surface area contributed by atoms with Crippen molar-refractivity contribution >= 4 is 5.69 Å². The van der Waals surface area contributed by atoms with Crippen molar-refractivity contribution in [3.63, 3.8) is 0 Å². The minimum Gasteiger partial charge on any atom is -0.501 e. The van der Waals surface area contributed by atoms with Gasteiger partial charge in [0, 0.05) is 6.07 Å². The van der Waals surface area contributed by atoms with E-state index in [1.807, 2.05) is 0 Å². The normalized spacial score (nSPS) is 10.7. The summed E-state index contributed by atoms with van der Waals surface area (Å²) in [5.74, 6) is -0.896. The van der Waals surface area contributed by atoms with Gasteiger partial charge in [-0.25, -0.2) is 13.8 Å². The average Bonchev–Trinajstić information content (AvgIpc) is 2.17. The van der Waals surface area contributed by atoms with Gasteiger partial charge in [-0.15, -0.1) is 0 Å². The molecule has 0 radical (unpaired) electrons. The highest BCUT2D eigenvalue weighted by Gasteiger charge is 2.23. The van der Waals surface area contributed by atoms with Gasteiger partial charge in [-0.05, 0) is 0 Å². The maximum absolute atomic E-state index is 12.2. The third kappa shape index (κ3) is 2.15. The highest BCUT2D eigenvalue weighted by molar-refractivity contribution is 5.49. The Hall–Kier alpha value is -1.83. The first-order valence-electron chi connectivity index (χ1n) is 3.73. The van der Waals surface area contributed by atoms with Gasteiger partial charge in [0.1, 0.15) is 11.4 Å². The SMILES string of the molecule is O=[N+]([O-])c1cc(C(F)F)nc(CO)c1O. The molecule has 15 heavy (non-hydrogen) atoms. The minimum atomic E-state index is -3.01. The molecule has 0 saturated carbocycles. The lowest BCUT2D eigenvalue weighted by atomic mass is 10.2. The molecule has 2 N–H and O–H groups in total. The van der Waals surface area contributed by atoms with Crippen LogP contribution in [0, 0.1) is 10.1 Å². The maximum atomic E-state index is 12.2. The molecule has 0 aromatic carbocycles. The first kappa shape index (κ1) is 11.2. The largest absolute Gasteiger partial charge is 0.501 e. The smallest absolute Gasteiger partial charge is 0.314 e. The molecule has 1 rings (SSSR count). The monoisotopic (exact) mass is 220 g/mol. The van der Waals surface area contributed by atoms with E-state index in [1.54, 1.807) is 0 Å². The molecule has 0 bridgehead atoms. The number of alkyl halides is 2. The second-order valence-corrected chi connectivity index (χ2v) is 2.58. The first-order valence-corrected chi connectivity index (χ1v) is 3.73. The molecule has 0 atom stereocenters. The summed E-state index contributed by atoms with van der Waals surface area (Å²) in [6.45, 7) is -0.854. The van der Waals surface area contributed by atoms with E-state index in [4.69, 9.17) is 10.2 Å². The molecule has 0 unspecified atom stereocenters. The molecule has 6 nitrogen and oxygen atoms in total. The van der Waals surface area contributed by atoms with Crippen LogP contribution < -0.4 is 0 Å². The van der Waals surface area contributed by atoms with Crippen LogP contribution in [0.4, 0.5) is 14.5 Å². The van der Waals surface area contributed by atoms with Gasteiger partial charge in [0.25, 0.3) is 6.43 Å². The van der Waals surface area contributed by atoms with E-state index in [2.05, 4.69) is 4.98 Å². The Kier molecular flexibility index (Phi) is 3.10. The predicted octanol–water partition coefficient (Wildman–Crippen LogP) is 1.13. The molecule has 0 fully saturated rings. The Morgan fingerprint density at radius 1 is 1.60 bits per heavy atom. The van der Waals surface area contributed by atoms with Crippen molar-refractivity contribution in [1.29, 1.82) is 0 Å². The lowest BCUT2D eigenvalue weighted by Crippen LogP contribution is -2.01. The Morgan fingerprint density at radius 3 is 2.60 bits per heavy atom. The van der Waals surface area contributed by atoms with Gasteiger partial charge >= 0.3 is 5.69 Å². The highest BCUT2D eigenvalue weighted by atomic mass is 19.3. The van der Waals surface area contributed by atoms with Crippen LogP contribution in [-0.4, -0.2) is 20.1 Å². The summed E-state index contributed by atoms with van der Waals surface area (Å²) in [6, 6.07) is 0.471. The number of aromatic hydroxyl groups is 1. The minimum absolute atomic E-state index is 0.471. The molecule has 0 saturated heterocycles. The van der Waals surface area contributed by atoms with Gasteiger partial charge < -0.3 is 10.2 Å². The number of nitrogens with zero attached hydrogens (tertiary/aromatic N) is 2. The molecule has 1 heterocycles. The number of nitro groups is 1. The zero-order chi connectivity index (χ0) is 11.6. The van der Waals surface area contributed by atoms with E-state index in [0.717, 1.165) is 0 Å². The zero-order valence-electron chi connectivity index (χ0n) is 7.22. The molecule has 8 heteroatoms. The fourth-order valence-corrected chi connectivity index (χ4v) is 0.959. The molecule has 0 aliphatic carbocycles. The third-order valence-electron chi connectivity index (χ3n) is 1.63. The van der Waals surface area contributed by atoms with E-state index >= 15 is 0 Å². The van der Waals surface area contributed by atoms with Crippen molar-refractivity contribution in [2.24, 2.45) is 0 Å². The average molecular weight is 220 g/mol. The van der Waals surface area contributed by atoms with Gasteiger partial charge in [-0.3, -0.25) is 10.1 Å². The van der Waals surface area contributed by atoms with E-state index in [-0.39, 0.29) is 0 Å². The van der Waals surface area contributed by atoms with Crippen LogP contribution in [0.3, 0.4) is 0 Å². The quantitative estimate of drug-likeness (QED) is 0.587. The molecule has 82 valence electrons. The van der Waals surface area contributed by atoms with Gasteiger partial charge in [0.2, 0.25) is 5.75 Å². The Morgan fingerprint density at radius 2 is 2.20 bits per heavy atom. The Balaban J connectivity index is 3.38. The summed E-state index contributed by atoms with van der Waals surface area (Å²) in [5, 5.41) is 28.2. The highest BCUT2D eigenvalue weighted by Crippen LogP contribution is 2.32. The fraction of sp³-hybridized carbons (Fsp3) is 0.286. The van der Waals surface area contributed by atoms with E-state index < -0.39 is 40.8 Å². The lowest BCUT2D eigenvalue weighted by molar-refractivity contribution is -0.386. The molecule has 0 amide bonds. The van der Waals surface area contributed by atoms with Crippen LogP contribution in [-0.2, 0) is 6.61 Å². The predicted molar refractivity (Wildman–Crippen MR) is 43.4 cm³/mol. The summed E-state index contributed by atoms with van der Waals surface area (Å²) in [6.07, 6.45) is -3.01. The Bertz CT molecular complexity index is 397. The van der Waals surface area contributed by atoms with E-state index in [0.29, 0.717) is 6.07 Å². The molecular weight excluding hydrogens is 214 g/mol. The lowest BCUT2D eigenvalue weighted by Gasteiger charge is -2.04. The van der Waals surface area contributed by atoms with Crippen LogP contribution in [0.5, 0.6) is 5.75 Å². The molecular formula is C7H6F2N2O4. The topological polar surface area (TPSA) is 96.5 Å². The maximum Gasteiger partial charge on any atom is 0.314 e. The van der Waals surface area contributed by atoms with Gasteiger partial charge in [-0.2, -0.15) is 0 Å². The summed E-state index contributed by atoms with van der Waals surface area (Å²) >= 11 is 0. The van der Waals surface area contributed by atoms with Gasteiger partial charge in [-0.1, -0.05) is 0 Å². The number of hydrogen-bond acceptors (Lipinski definition) is 5. The molecule has 0 spiro atoms. The van der Waals surface area contributed by atoms with Crippen molar-refractivity contribution in [3.8, 4) is 5.75 Å². The van der Waals surface area contributed by atoms with Crippen molar-refractivity contribution in [1.82, 2.24) is 4.98 Å². The molecule has 1 aromatic heterocycles. The van der Waals surface area contributed by atoms with Crippen LogP contribution in [0.25, 0.3) is 0 Å². The van der Waals surface area contributed by atoms with Crippen LogP contribution >= 0.6 is 0 Å². The second-order valence-electron chi connectivity index (χ2n) is 2.58. The number of hydrogen-bond donors (Lipinski definition) is 2. The summed E-state index contributed by atoms with van der Waals surface area (Å²) in [7, 11) is 0.